The molecular formula is C12H26N2O10. The maximum atomic E-state index is 9.64. The Morgan fingerprint density at radius 1 is 0.667 bits per heavy atom. The van der Waals surface area contributed by atoms with Gasteiger partial charge in [0.1, 0.15) is 0 Å². The topological polar surface area (TPSA) is 251 Å². The van der Waals surface area contributed by atoms with Crippen molar-refractivity contribution in [3.8, 4) is 0 Å². The fraction of sp³-hybridized carbons (Fsp3) is 0.667. The van der Waals surface area contributed by atoms with Crippen molar-refractivity contribution >= 4 is 23.9 Å². The van der Waals surface area contributed by atoms with Gasteiger partial charge in [-0.3, -0.25) is 9.59 Å². The molecule has 0 saturated heterocycles. The van der Waals surface area contributed by atoms with Gasteiger partial charge in [-0.25, -0.2) is 0 Å². The molecule has 12 nitrogen and oxygen atoms in total. The fourth-order valence-corrected chi connectivity index (χ4v) is 0.418. The van der Waals surface area contributed by atoms with Gasteiger partial charge in [0, 0.05) is 11.9 Å². The molecule has 12 heteroatoms. The predicted octanol–water partition coefficient (Wildman–Crippen LogP) is -6.36. The van der Waals surface area contributed by atoms with Gasteiger partial charge in [-0.15, -0.1) is 0 Å². The summed E-state index contributed by atoms with van der Waals surface area (Å²) in [6, 6.07) is 0. The van der Waals surface area contributed by atoms with E-state index in [2.05, 4.69) is 11.5 Å². The molecule has 10 N–H and O–H groups in total. The molecular weight excluding hydrogens is 332 g/mol. The van der Waals surface area contributed by atoms with E-state index in [0.717, 1.165) is 0 Å². The number of rotatable bonds is 8. The van der Waals surface area contributed by atoms with Crippen molar-refractivity contribution < 1.29 is 61.3 Å². The lowest BCUT2D eigenvalue weighted by atomic mass is 10.3. The molecule has 0 aromatic carbocycles. The number of carboxylic acids is 4. The first-order valence-electron chi connectivity index (χ1n) is 6.72. The minimum atomic E-state index is -1.37. The SMILES string of the molecule is O=C(O)CCC(=O)O.O=C([O-])CCC(=O)[O-].[NH3+]CCO.[NH3+]CCO. The molecule has 0 rings (SSSR count). The van der Waals surface area contributed by atoms with Crippen molar-refractivity contribution in [2.45, 2.75) is 25.7 Å². The Bertz CT molecular complexity index is 272. The molecule has 0 spiro atoms. The number of carboxylic acid groups (broad SMARTS) is 4. The first kappa shape index (κ1) is 29.7. The van der Waals surface area contributed by atoms with Gasteiger partial charge in [0.25, 0.3) is 0 Å². The number of quaternary nitrogens is 2. The summed E-state index contributed by atoms with van der Waals surface area (Å²) in [5, 5.41) is 50.4. The minimum Gasteiger partial charge on any atom is -0.550 e. The molecule has 0 bridgehead atoms. The lowest BCUT2D eigenvalue weighted by Crippen LogP contribution is -2.51. The highest BCUT2D eigenvalue weighted by Crippen LogP contribution is 1.86. The standard InChI is InChI=1S/2C4H6O4.2C2H7NO/c2*5-3(6)1-2-4(7)8;2*3-1-2-4/h2*1-2H2,(H,5,6)(H,7,8);2*4H,1-3H2. The maximum Gasteiger partial charge on any atom is 0.303 e. The first-order valence-corrected chi connectivity index (χ1v) is 6.72. The van der Waals surface area contributed by atoms with Crippen molar-refractivity contribution in [3.05, 3.63) is 0 Å². The largest absolute Gasteiger partial charge is 0.550 e. The number of aliphatic carboxylic acids is 4. The van der Waals surface area contributed by atoms with Gasteiger partial charge in [0.05, 0.1) is 39.1 Å². The van der Waals surface area contributed by atoms with Crippen LogP contribution in [0.2, 0.25) is 0 Å². The van der Waals surface area contributed by atoms with Crippen molar-refractivity contribution in [2.75, 3.05) is 26.3 Å². The second-order valence-electron chi connectivity index (χ2n) is 3.69. The summed E-state index contributed by atoms with van der Waals surface area (Å²) < 4.78 is 0. The molecule has 0 amide bonds. The molecule has 0 atom stereocenters. The molecule has 0 fully saturated rings. The molecule has 0 aliphatic heterocycles. The van der Waals surface area contributed by atoms with Gasteiger partial charge in [-0.2, -0.15) is 0 Å². The van der Waals surface area contributed by atoms with E-state index in [-0.39, 0.29) is 26.1 Å². The minimum absolute atomic E-state index is 0.208. The second-order valence-corrected chi connectivity index (χ2v) is 3.69. The Morgan fingerprint density at radius 3 is 0.958 bits per heavy atom. The summed E-state index contributed by atoms with van der Waals surface area (Å²) in [5.74, 6) is -4.89. The summed E-state index contributed by atoms with van der Waals surface area (Å²) in [5.41, 5.74) is 6.71. The Labute approximate surface area is 138 Å². The van der Waals surface area contributed by atoms with Gasteiger partial charge in [0.2, 0.25) is 0 Å². The van der Waals surface area contributed by atoms with Crippen LogP contribution in [-0.4, -0.2) is 70.6 Å². The van der Waals surface area contributed by atoms with Crippen LogP contribution < -0.4 is 21.7 Å². The predicted molar refractivity (Wildman–Crippen MR) is 73.4 cm³/mol. The van der Waals surface area contributed by atoms with Crippen LogP contribution in [0.3, 0.4) is 0 Å². The third-order valence-corrected chi connectivity index (χ3v) is 1.40. The highest BCUT2D eigenvalue weighted by molar-refractivity contribution is 5.75. The molecule has 0 radical (unpaired) electrons. The molecule has 0 aromatic rings. The summed E-state index contributed by atoms with van der Waals surface area (Å²) in [6.45, 7) is 1.67. The van der Waals surface area contributed by atoms with Crippen molar-refractivity contribution in [3.63, 3.8) is 0 Å². The average Bonchev–Trinajstić information content (AvgIpc) is 2.52. The van der Waals surface area contributed by atoms with Crippen molar-refractivity contribution in [1.82, 2.24) is 0 Å². The Hall–Kier alpha value is -2.28. The van der Waals surface area contributed by atoms with Crippen LogP contribution in [0.1, 0.15) is 25.7 Å². The van der Waals surface area contributed by atoms with Crippen molar-refractivity contribution in [2.24, 2.45) is 0 Å². The summed E-state index contributed by atoms with van der Waals surface area (Å²) in [6.07, 6.45) is -1.53. The van der Waals surface area contributed by atoms with E-state index in [4.69, 9.17) is 20.4 Å². The van der Waals surface area contributed by atoms with E-state index >= 15 is 0 Å². The highest BCUT2D eigenvalue weighted by Gasteiger charge is 2.00. The highest BCUT2D eigenvalue weighted by atomic mass is 16.4. The molecule has 144 valence electrons. The van der Waals surface area contributed by atoms with Crippen LogP contribution in [0, 0.1) is 0 Å². The first-order chi connectivity index (χ1) is 11.1. The van der Waals surface area contributed by atoms with E-state index in [0.29, 0.717) is 13.1 Å². The lowest BCUT2D eigenvalue weighted by Gasteiger charge is -2.00. The zero-order chi connectivity index (χ0) is 20.0. The van der Waals surface area contributed by atoms with Crippen LogP contribution in [0.4, 0.5) is 0 Å². The van der Waals surface area contributed by atoms with E-state index in [9.17, 15) is 29.4 Å². The normalized spacial score (nSPS) is 8.17. The van der Waals surface area contributed by atoms with E-state index < -0.39 is 36.7 Å². The van der Waals surface area contributed by atoms with Crippen LogP contribution in [0.25, 0.3) is 0 Å². The Balaban J connectivity index is -0.000000117. The van der Waals surface area contributed by atoms with Gasteiger partial charge >= 0.3 is 11.9 Å². The third-order valence-electron chi connectivity index (χ3n) is 1.40. The monoisotopic (exact) mass is 358 g/mol. The van der Waals surface area contributed by atoms with Crippen LogP contribution in [0.15, 0.2) is 0 Å². The van der Waals surface area contributed by atoms with Crippen LogP contribution in [0.5, 0.6) is 0 Å². The van der Waals surface area contributed by atoms with Crippen LogP contribution >= 0.6 is 0 Å². The quantitative estimate of drug-likeness (QED) is 0.239. The second kappa shape index (κ2) is 25.7. The Morgan fingerprint density at radius 2 is 0.875 bits per heavy atom. The maximum absolute atomic E-state index is 9.64. The van der Waals surface area contributed by atoms with Gasteiger partial charge in [-0.1, -0.05) is 0 Å². The van der Waals surface area contributed by atoms with Gasteiger partial charge in [0.15, 0.2) is 0 Å². The number of aliphatic hydroxyl groups is 2. The lowest BCUT2D eigenvalue weighted by molar-refractivity contribution is -0.372. The van der Waals surface area contributed by atoms with Gasteiger partial charge < -0.3 is 51.7 Å². The molecule has 0 aliphatic carbocycles. The molecule has 0 aliphatic rings. The number of hydrogen-bond acceptors (Lipinski definition) is 8. The molecule has 0 saturated carbocycles. The molecule has 0 heterocycles. The van der Waals surface area contributed by atoms with E-state index in [1.807, 2.05) is 0 Å². The van der Waals surface area contributed by atoms with Crippen LogP contribution in [-0.2, 0) is 19.2 Å². The molecule has 0 unspecified atom stereocenters. The fourth-order valence-electron chi connectivity index (χ4n) is 0.418. The van der Waals surface area contributed by atoms with Gasteiger partial charge in [-0.05, 0) is 12.8 Å². The zero-order valence-corrected chi connectivity index (χ0v) is 13.3. The number of hydrogen-bond donors (Lipinski definition) is 6. The molecule has 0 aromatic heterocycles. The van der Waals surface area contributed by atoms with E-state index in [1.165, 1.54) is 0 Å². The summed E-state index contributed by atoms with van der Waals surface area (Å²) in [7, 11) is 0. The third kappa shape index (κ3) is 73.1. The summed E-state index contributed by atoms with van der Waals surface area (Å²) >= 11 is 0. The number of carbonyl (C=O) groups excluding carboxylic acids is 2. The van der Waals surface area contributed by atoms with E-state index in [1.54, 1.807) is 0 Å². The zero-order valence-electron chi connectivity index (χ0n) is 13.3. The average molecular weight is 358 g/mol. The summed E-state index contributed by atoms with van der Waals surface area (Å²) in [4.78, 5) is 38.3. The number of carbonyl (C=O) groups is 4. The molecule has 24 heavy (non-hydrogen) atoms. The Kier molecular flexibility index (Phi) is 31.8. The van der Waals surface area contributed by atoms with Crippen molar-refractivity contribution in [1.29, 1.82) is 0 Å². The number of aliphatic hydroxyl groups excluding tert-OH is 2. The smallest absolute Gasteiger partial charge is 0.303 e.